The number of unbranched alkanes of at least 4 members (excludes halogenated alkanes) is 15. The highest BCUT2D eigenvalue weighted by Gasteiger charge is 2.23. The zero-order valence-corrected chi connectivity index (χ0v) is 42.6. The molecule has 18 nitrogen and oxygen atoms in total. The van der Waals surface area contributed by atoms with Crippen LogP contribution in [0.1, 0.15) is 141 Å². The minimum Gasteiger partial charge on any atom is -0.756 e. The van der Waals surface area contributed by atoms with E-state index in [9.17, 15) is 34.0 Å². The van der Waals surface area contributed by atoms with Gasteiger partial charge in [0.2, 0.25) is 11.4 Å². The topological polar surface area (TPSA) is 234 Å². The van der Waals surface area contributed by atoms with Crippen molar-refractivity contribution >= 4 is 53.8 Å². The van der Waals surface area contributed by atoms with E-state index in [-0.39, 0.29) is 55.1 Å². The molecular weight excluding hydrogens is 920 g/mol. The summed E-state index contributed by atoms with van der Waals surface area (Å²) in [6, 6.07) is 18.2. The number of nitro groups is 1. The molecule has 0 fully saturated rings. The standard InChI is InChI=1S/C51H75N6O12P/c1-5-6-7-8-9-10-11-12-13-14-15-16-17-20-27-48(59)65-38-42(39-67-70(63,64)66-36-35-57(2,3)4)68-49(60)28-21-18-19-26-47(58)52-37-40-29-31-41(32-30-40)43-24-22-23-25-44(43)53-45-33-34-46(56(61)62)51-50(45)54-69-55-51/h22-25,29-34,42H,5-21,26-28,35-39H2,1-4H3,(H2-,52,53,55,58,63,64)/t42-/m0/s1. The maximum atomic E-state index is 12.9. The summed E-state index contributed by atoms with van der Waals surface area (Å²) in [7, 11) is 0.962. The predicted molar refractivity (Wildman–Crippen MR) is 267 cm³/mol. The third kappa shape index (κ3) is 22.7. The molecule has 1 heterocycles. The van der Waals surface area contributed by atoms with Gasteiger partial charge >= 0.3 is 17.6 Å². The Morgan fingerprint density at radius 3 is 1.94 bits per heavy atom. The molecule has 386 valence electrons. The number of amides is 1. The summed E-state index contributed by atoms with van der Waals surface area (Å²) in [4.78, 5) is 61.5. The van der Waals surface area contributed by atoms with Crippen LogP contribution in [0.25, 0.3) is 22.2 Å². The number of nitro benzene ring substituents is 1. The van der Waals surface area contributed by atoms with Crippen LogP contribution in [0.2, 0.25) is 0 Å². The Balaban J connectivity index is 1.14. The number of benzene rings is 3. The van der Waals surface area contributed by atoms with Crippen molar-refractivity contribution in [2.75, 3.05) is 52.8 Å². The van der Waals surface area contributed by atoms with Gasteiger partial charge in [-0.2, -0.15) is 0 Å². The molecule has 0 aliphatic rings. The highest BCUT2D eigenvalue weighted by molar-refractivity contribution is 7.45. The van der Waals surface area contributed by atoms with Crippen molar-refractivity contribution < 1.29 is 56.4 Å². The van der Waals surface area contributed by atoms with E-state index in [1.165, 1.54) is 70.3 Å². The Morgan fingerprint density at radius 2 is 1.30 bits per heavy atom. The fraction of sp³-hybridized carbons (Fsp3) is 0.588. The lowest BCUT2D eigenvalue weighted by Gasteiger charge is -2.28. The van der Waals surface area contributed by atoms with Crippen molar-refractivity contribution in [1.29, 1.82) is 0 Å². The molecule has 0 radical (unpaired) electrons. The monoisotopic (exact) mass is 995 g/mol. The number of esters is 2. The van der Waals surface area contributed by atoms with Crippen molar-refractivity contribution in [2.45, 2.75) is 148 Å². The number of nitrogens with zero attached hydrogens (tertiary/aromatic N) is 4. The van der Waals surface area contributed by atoms with Crippen molar-refractivity contribution in [2.24, 2.45) is 0 Å². The van der Waals surface area contributed by atoms with Gasteiger partial charge in [0.05, 0.1) is 38.4 Å². The first-order valence-corrected chi connectivity index (χ1v) is 26.5. The number of non-ortho nitro benzene ring substituents is 1. The second-order valence-electron chi connectivity index (χ2n) is 18.8. The molecule has 1 amide bonds. The molecule has 2 N–H and O–H groups in total. The average Bonchev–Trinajstić information content (AvgIpc) is 3.82. The van der Waals surface area contributed by atoms with Crippen LogP contribution in [0.5, 0.6) is 0 Å². The van der Waals surface area contributed by atoms with Crippen LogP contribution in [-0.2, 0) is 44.0 Å². The fourth-order valence-electron chi connectivity index (χ4n) is 7.63. The molecule has 1 unspecified atom stereocenters. The largest absolute Gasteiger partial charge is 0.756 e. The molecule has 3 aromatic carbocycles. The van der Waals surface area contributed by atoms with Crippen LogP contribution in [0.3, 0.4) is 0 Å². The van der Waals surface area contributed by atoms with Crippen molar-refractivity contribution in [3.63, 3.8) is 0 Å². The minimum atomic E-state index is -4.72. The number of ether oxygens (including phenoxy) is 2. The predicted octanol–water partition coefficient (Wildman–Crippen LogP) is 10.6. The van der Waals surface area contributed by atoms with Crippen LogP contribution in [0.4, 0.5) is 17.1 Å². The number of nitrogens with one attached hydrogen (secondary N) is 2. The van der Waals surface area contributed by atoms with E-state index in [1.807, 2.05) is 69.7 Å². The lowest BCUT2D eigenvalue weighted by molar-refractivity contribution is -0.870. The Bertz CT molecular complexity index is 2250. The molecule has 1 aromatic heterocycles. The van der Waals surface area contributed by atoms with Crippen molar-refractivity contribution in [1.82, 2.24) is 15.6 Å². The second-order valence-corrected chi connectivity index (χ2v) is 20.2. The number of carbonyl (C=O) groups is 3. The number of aromatic nitrogens is 2. The van der Waals surface area contributed by atoms with Crippen LogP contribution in [0, 0.1) is 10.1 Å². The van der Waals surface area contributed by atoms with E-state index in [0.29, 0.717) is 48.9 Å². The van der Waals surface area contributed by atoms with E-state index >= 15 is 0 Å². The molecule has 0 aliphatic carbocycles. The number of phosphoric acid groups is 1. The van der Waals surface area contributed by atoms with Gasteiger partial charge in [-0.05, 0) is 52.8 Å². The number of hydrogen-bond acceptors (Lipinski definition) is 15. The Morgan fingerprint density at radius 1 is 0.714 bits per heavy atom. The third-order valence-electron chi connectivity index (χ3n) is 11.7. The molecule has 19 heteroatoms. The first kappa shape index (κ1) is 57.3. The normalized spacial score (nSPS) is 12.9. The van der Waals surface area contributed by atoms with Crippen LogP contribution in [0.15, 0.2) is 65.3 Å². The lowest BCUT2D eigenvalue weighted by Crippen LogP contribution is -2.37. The summed E-state index contributed by atoms with van der Waals surface area (Å²) in [5, 5.41) is 25.2. The Labute approximate surface area is 412 Å². The highest BCUT2D eigenvalue weighted by atomic mass is 31.2. The van der Waals surface area contributed by atoms with E-state index in [4.69, 9.17) is 23.2 Å². The summed E-state index contributed by atoms with van der Waals surface area (Å²) in [5.74, 6) is -1.20. The molecule has 0 aliphatic heterocycles. The second kappa shape index (κ2) is 31.2. The molecule has 0 saturated carbocycles. The van der Waals surface area contributed by atoms with Gasteiger partial charge in [0.15, 0.2) is 11.6 Å². The van der Waals surface area contributed by atoms with E-state index in [1.54, 1.807) is 6.07 Å². The molecule has 2 atom stereocenters. The number of para-hydroxylation sites is 1. The summed E-state index contributed by atoms with van der Waals surface area (Å²) in [5.41, 5.74) is 3.96. The Kier molecular flexibility index (Phi) is 25.5. The third-order valence-corrected chi connectivity index (χ3v) is 12.7. The number of rotatable bonds is 37. The van der Waals surface area contributed by atoms with Gasteiger partial charge in [0.1, 0.15) is 19.8 Å². The van der Waals surface area contributed by atoms with E-state index in [0.717, 1.165) is 41.6 Å². The number of phosphoric ester groups is 1. The molecule has 4 aromatic rings. The zero-order valence-electron chi connectivity index (χ0n) is 41.7. The smallest absolute Gasteiger partial charge is 0.306 e. The van der Waals surface area contributed by atoms with Crippen molar-refractivity contribution in [3.8, 4) is 11.1 Å². The van der Waals surface area contributed by atoms with Gasteiger partial charge in [-0.25, -0.2) is 4.63 Å². The number of carbonyl (C=O) groups excluding carboxylic acids is 3. The number of anilines is 2. The first-order chi connectivity index (χ1) is 33.6. The minimum absolute atomic E-state index is 0.0147. The number of likely N-dealkylation sites (N-methyl/N-ethyl adjacent to an activating group) is 1. The van der Waals surface area contributed by atoms with Crippen LogP contribution < -0.4 is 15.5 Å². The summed E-state index contributed by atoms with van der Waals surface area (Å²) >= 11 is 0. The molecule has 0 saturated heterocycles. The van der Waals surface area contributed by atoms with Crippen LogP contribution >= 0.6 is 7.82 Å². The van der Waals surface area contributed by atoms with Crippen molar-refractivity contribution in [3.05, 3.63) is 76.3 Å². The zero-order chi connectivity index (χ0) is 50.6. The average molecular weight is 995 g/mol. The molecule has 0 bridgehead atoms. The maximum absolute atomic E-state index is 12.9. The molecule has 0 spiro atoms. The number of quaternary nitrogens is 1. The van der Waals surface area contributed by atoms with E-state index in [2.05, 4.69) is 27.9 Å². The number of hydrogen-bond donors (Lipinski definition) is 2. The van der Waals surface area contributed by atoms with Gasteiger partial charge in [0.25, 0.3) is 7.82 Å². The summed E-state index contributed by atoms with van der Waals surface area (Å²) in [6.45, 7) is 1.96. The molecule has 70 heavy (non-hydrogen) atoms. The lowest BCUT2D eigenvalue weighted by atomic mass is 10.0. The summed E-state index contributed by atoms with van der Waals surface area (Å²) in [6.07, 6.45) is 17.6. The van der Waals surface area contributed by atoms with Gasteiger partial charge in [0, 0.05) is 43.1 Å². The fourth-order valence-corrected chi connectivity index (χ4v) is 8.36. The highest BCUT2D eigenvalue weighted by Crippen LogP contribution is 2.38. The molecule has 4 rings (SSSR count). The maximum Gasteiger partial charge on any atom is 0.306 e. The first-order valence-electron chi connectivity index (χ1n) is 25.0. The summed E-state index contributed by atoms with van der Waals surface area (Å²) < 4.78 is 38.7. The molecular formula is C51H75N6O12P. The van der Waals surface area contributed by atoms with Gasteiger partial charge in [-0.3, -0.25) is 29.1 Å². The van der Waals surface area contributed by atoms with Gasteiger partial charge in [-0.15, -0.1) is 0 Å². The van der Waals surface area contributed by atoms with Gasteiger partial charge in [-0.1, -0.05) is 139 Å². The quantitative estimate of drug-likeness (QED) is 0.0107. The number of fused-ring (bicyclic) bond motifs is 1. The van der Waals surface area contributed by atoms with Crippen LogP contribution in [-0.4, -0.2) is 91.2 Å². The van der Waals surface area contributed by atoms with E-state index < -0.39 is 37.4 Å². The Hall–Kier alpha value is -5.26. The SMILES string of the molecule is CCCCCCCCCCCCCCCCC(=O)OC[C@@H](COP(=O)([O-])OCC[N+](C)(C)C)OC(=O)CCCCCC(=O)NCc1ccc(-c2ccccc2Nc2ccc([N+](=O)[O-])c3nonc23)cc1. The van der Waals surface area contributed by atoms with Gasteiger partial charge < -0.3 is 38.5 Å².